The predicted octanol–water partition coefficient (Wildman–Crippen LogP) is 3.66. The van der Waals surface area contributed by atoms with Crippen LogP contribution in [0.4, 0.5) is 10.5 Å². The van der Waals surface area contributed by atoms with E-state index in [0.29, 0.717) is 10.6 Å². The number of benzene rings is 1. The molecular formula is C13H13Cl2NO4. The van der Waals surface area contributed by atoms with Crippen molar-refractivity contribution in [1.29, 1.82) is 0 Å². The zero-order valence-corrected chi connectivity index (χ0v) is 12.4. The molecule has 1 aromatic rings. The summed E-state index contributed by atoms with van der Waals surface area (Å²) in [6.07, 6.45) is -2.05. The maximum atomic E-state index is 11.7. The van der Waals surface area contributed by atoms with E-state index in [1.807, 2.05) is 0 Å². The lowest BCUT2D eigenvalue weighted by molar-refractivity contribution is -0.148. The summed E-state index contributed by atoms with van der Waals surface area (Å²) in [6.45, 7) is 5.11. The Labute approximate surface area is 126 Å². The van der Waals surface area contributed by atoms with Crippen molar-refractivity contribution in [2.75, 3.05) is 12.4 Å². The Bertz CT molecular complexity index is 545. The van der Waals surface area contributed by atoms with Crippen LogP contribution in [0.2, 0.25) is 10.0 Å². The highest BCUT2D eigenvalue weighted by molar-refractivity contribution is 6.35. The molecule has 0 radical (unpaired) electrons. The van der Waals surface area contributed by atoms with Crippen molar-refractivity contribution in [1.82, 2.24) is 0 Å². The van der Waals surface area contributed by atoms with Crippen LogP contribution in [0.5, 0.6) is 0 Å². The molecule has 1 atom stereocenters. The molecule has 0 aliphatic heterocycles. The fourth-order valence-corrected chi connectivity index (χ4v) is 1.63. The zero-order valence-electron chi connectivity index (χ0n) is 10.9. The molecule has 0 fully saturated rings. The van der Waals surface area contributed by atoms with E-state index in [1.54, 1.807) is 13.0 Å². The Morgan fingerprint density at radius 1 is 1.35 bits per heavy atom. The van der Waals surface area contributed by atoms with Crippen molar-refractivity contribution < 1.29 is 19.1 Å². The molecule has 0 saturated heterocycles. The molecule has 0 aliphatic rings. The summed E-state index contributed by atoms with van der Waals surface area (Å²) in [6, 6.07) is 4.56. The number of methoxy groups -OCH3 is 1. The van der Waals surface area contributed by atoms with Gasteiger partial charge in [-0.1, -0.05) is 29.8 Å². The Hall–Kier alpha value is -1.72. The normalized spacial score (nSPS) is 11.4. The minimum atomic E-state index is -1.18. The molecular weight excluding hydrogens is 305 g/mol. The van der Waals surface area contributed by atoms with Crippen molar-refractivity contribution in [3.05, 3.63) is 40.4 Å². The van der Waals surface area contributed by atoms with Gasteiger partial charge < -0.3 is 9.47 Å². The lowest BCUT2D eigenvalue weighted by Crippen LogP contribution is -2.31. The smallest absolute Gasteiger partial charge is 0.412 e. The molecule has 0 aromatic heterocycles. The molecule has 5 nitrogen and oxygen atoms in total. The number of hydrogen-bond acceptors (Lipinski definition) is 4. The molecule has 1 N–H and O–H groups in total. The van der Waals surface area contributed by atoms with Crippen LogP contribution in [0.15, 0.2) is 30.4 Å². The number of anilines is 1. The van der Waals surface area contributed by atoms with Gasteiger partial charge in [0.1, 0.15) is 0 Å². The summed E-state index contributed by atoms with van der Waals surface area (Å²) >= 11 is 11.7. The second-order valence-corrected chi connectivity index (χ2v) is 4.75. The van der Waals surface area contributed by atoms with Gasteiger partial charge in [0.2, 0.25) is 6.10 Å². The summed E-state index contributed by atoms with van der Waals surface area (Å²) < 4.78 is 9.45. The summed E-state index contributed by atoms with van der Waals surface area (Å²) in [4.78, 5) is 23.2. The van der Waals surface area contributed by atoms with Crippen LogP contribution in [0, 0.1) is 0 Å². The van der Waals surface area contributed by atoms with Crippen LogP contribution >= 0.6 is 23.2 Å². The van der Waals surface area contributed by atoms with Crippen LogP contribution in [0.3, 0.4) is 0 Å². The third kappa shape index (κ3) is 4.43. The second-order valence-electron chi connectivity index (χ2n) is 3.90. The molecule has 1 unspecified atom stereocenters. The first-order valence-electron chi connectivity index (χ1n) is 5.51. The largest absolute Gasteiger partial charge is 0.466 e. The number of carbonyl (C=O) groups is 2. The summed E-state index contributed by atoms with van der Waals surface area (Å²) in [7, 11) is 1.19. The third-order valence-electron chi connectivity index (χ3n) is 2.25. The fraction of sp³-hybridized carbons (Fsp3) is 0.231. The summed E-state index contributed by atoms with van der Waals surface area (Å²) in [5.74, 6) is -0.718. The van der Waals surface area contributed by atoms with E-state index in [0.717, 1.165) is 0 Å². The SMILES string of the molecule is C=C(C)C(OC(=O)Nc1cc(Cl)ccc1Cl)C(=O)OC. The maximum absolute atomic E-state index is 11.7. The first-order valence-corrected chi connectivity index (χ1v) is 6.26. The third-order valence-corrected chi connectivity index (χ3v) is 2.82. The van der Waals surface area contributed by atoms with Gasteiger partial charge in [0, 0.05) is 5.02 Å². The fourth-order valence-electron chi connectivity index (χ4n) is 1.30. The molecule has 0 bridgehead atoms. The molecule has 0 heterocycles. The molecule has 1 amide bonds. The average molecular weight is 318 g/mol. The number of rotatable bonds is 4. The molecule has 0 aliphatic carbocycles. The monoisotopic (exact) mass is 317 g/mol. The van der Waals surface area contributed by atoms with Crippen LogP contribution in [0.25, 0.3) is 0 Å². The topological polar surface area (TPSA) is 64.6 Å². The Kier molecular flexibility index (Phi) is 5.85. The highest BCUT2D eigenvalue weighted by Gasteiger charge is 2.24. The first-order chi connectivity index (χ1) is 9.35. The van der Waals surface area contributed by atoms with Crippen LogP contribution in [-0.2, 0) is 14.3 Å². The predicted molar refractivity (Wildman–Crippen MR) is 77.2 cm³/mol. The molecule has 20 heavy (non-hydrogen) atoms. The lowest BCUT2D eigenvalue weighted by atomic mass is 10.2. The highest BCUT2D eigenvalue weighted by Crippen LogP contribution is 2.25. The Balaban J connectivity index is 2.78. The number of amides is 1. The van der Waals surface area contributed by atoms with Crippen molar-refractivity contribution in [2.45, 2.75) is 13.0 Å². The van der Waals surface area contributed by atoms with Gasteiger partial charge in [0.25, 0.3) is 0 Å². The standard InChI is InChI=1S/C13H13Cl2NO4/c1-7(2)11(12(17)19-3)20-13(18)16-10-6-8(14)4-5-9(10)15/h4-6,11H,1H2,2-3H3,(H,16,18). The van der Waals surface area contributed by atoms with Crippen molar-refractivity contribution in [2.24, 2.45) is 0 Å². The number of esters is 1. The van der Waals surface area contributed by atoms with Gasteiger partial charge in [-0.15, -0.1) is 0 Å². The van der Waals surface area contributed by atoms with Gasteiger partial charge in [-0.3, -0.25) is 5.32 Å². The van der Waals surface area contributed by atoms with Crippen LogP contribution in [0.1, 0.15) is 6.92 Å². The minimum absolute atomic E-state index is 0.273. The summed E-state index contributed by atoms with van der Waals surface area (Å²) in [5, 5.41) is 3.07. The van der Waals surface area contributed by atoms with Crippen LogP contribution < -0.4 is 5.32 Å². The second kappa shape index (κ2) is 7.17. The van der Waals surface area contributed by atoms with Gasteiger partial charge in [-0.05, 0) is 30.7 Å². The van der Waals surface area contributed by atoms with Gasteiger partial charge in [0.05, 0.1) is 17.8 Å². The highest BCUT2D eigenvalue weighted by atomic mass is 35.5. The number of nitrogens with one attached hydrogen (secondary N) is 1. The number of carbonyl (C=O) groups excluding carboxylic acids is 2. The van der Waals surface area contributed by atoms with E-state index in [4.69, 9.17) is 27.9 Å². The van der Waals surface area contributed by atoms with E-state index < -0.39 is 18.2 Å². The van der Waals surface area contributed by atoms with Gasteiger partial charge in [-0.2, -0.15) is 0 Å². The molecule has 108 valence electrons. The van der Waals surface area contributed by atoms with E-state index in [-0.39, 0.29) is 10.7 Å². The minimum Gasteiger partial charge on any atom is -0.466 e. The van der Waals surface area contributed by atoms with Crippen molar-refractivity contribution >= 4 is 41.0 Å². The quantitative estimate of drug-likeness (QED) is 0.680. The van der Waals surface area contributed by atoms with E-state index in [9.17, 15) is 9.59 Å². The molecule has 0 saturated carbocycles. The van der Waals surface area contributed by atoms with Crippen LogP contribution in [-0.4, -0.2) is 25.3 Å². The first kappa shape index (κ1) is 16.3. The molecule has 1 rings (SSSR count). The van der Waals surface area contributed by atoms with Crippen molar-refractivity contribution in [3.63, 3.8) is 0 Å². The lowest BCUT2D eigenvalue weighted by Gasteiger charge is -2.16. The Morgan fingerprint density at radius 2 is 2.00 bits per heavy atom. The van der Waals surface area contributed by atoms with Gasteiger partial charge >= 0.3 is 12.1 Å². The number of hydrogen-bond donors (Lipinski definition) is 1. The maximum Gasteiger partial charge on any atom is 0.412 e. The van der Waals surface area contributed by atoms with Crippen molar-refractivity contribution in [3.8, 4) is 0 Å². The van der Waals surface area contributed by atoms with E-state index >= 15 is 0 Å². The number of halogens is 2. The van der Waals surface area contributed by atoms with E-state index in [1.165, 1.54) is 19.2 Å². The molecule has 1 aromatic carbocycles. The Morgan fingerprint density at radius 3 is 2.55 bits per heavy atom. The molecule has 0 spiro atoms. The summed E-state index contributed by atoms with van der Waals surface area (Å²) in [5.41, 5.74) is 0.610. The molecule has 7 heteroatoms. The van der Waals surface area contributed by atoms with E-state index in [2.05, 4.69) is 16.6 Å². The zero-order chi connectivity index (χ0) is 15.3. The number of ether oxygens (including phenoxy) is 2. The van der Waals surface area contributed by atoms with Gasteiger partial charge in [0.15, 0.2) is 0 Å². The average Bonchev–Trinajstić information content (AvgIpc) is 2.39. The van der Waals surface area contributed by atoms with Gasteiger partial charge in [-0.25, -0.2) is 9.59 Å².